The minimum Gasteiger partial charge on any atom is -0.0651 e. The van der Waals surface area contributed by atoms with E-state index in [1.807, 2.05) is 0 Å². The molecular weight excluding hydrogens is 132 g/mol. The van der Waals surface area contributed by atoms with E-state index in [0.717, 1.165) is 17.3 Å². The van der Waals surface area contributed by atoms with Gasteiger partial charge in [-0.15, -0.1) is 0 Å². The van der Waals surface area contributed by atoms with Crippen LogP contribution in [0.1, 0.15) is 52.4 Å². The summed E-state index contributed by atoms with van der Waals surface area (Å²) < 4.78 is 0. The van der Waals surface area contributed by atoms with Gasteiger partial charge in [-0.3, -0.25) is 0 Å². The molecule has 0 saturated heterocycles. The Kier molecular flexibility index (Phi) is 1.74. The van der Waals surface area contributed by atoms with Crippen molar-refractivity contribution in [3.05, 3.63) is 0 Å². The van der Waals surface area contributed by atoms with E-state index in [-0.39, 0.29) is 0 Å². The fourth-order valence-corrected chi connectivity index (χ4v) is 3.05. The summed E-state index contributed by atoms with van der Waals surface area (Å²) >= 11 is 0. The lowest BCUT2D eigenvalue weighted by atomic mass is 9.77. The van der Waals surface area contributed by atoms with Gasteiger partial charge in [-0.25, -0.2) is 0 Å². The third-order valence-electron chi connectivity index (χ3n) is 4.16. The van der Waals surface area contributed by atoms with Crippen LogP contribution >= 0.6 is 0 Å². The number of hydrogen-bond acceptors (Lipinski definition) is 0. The number of rotatable bonds is 1. The van der Waals surface area contributed by atoms with Crippen molar-refractivity contribution in [3.63, 3.8) is 0 Å². The van der Waals surface area contributed by atoms with Crippen molar-refractivity contribution >= 4 is 0 Å². The summed E-state index contributed by atoms with van der Waals surface area (Å²) in [6, 6.07) is 0. The molecule has 0 radical (unpaired) electrons. The van der Waals surface area contributed by atoms with Crippen molar-refractivity contribution < 1.29 is 0 Å². The molecule has 0 nitrogen and oxygen atoms in total. The van der Waals surface area contributed by atoms with Crippen LogP contribution < -0.4 is 0 Å². The molecule has 0 aromatic carbocycles. The van der Waals surface area contributed by atoms with Crippen LogP contribution in [0.3, 0.4) is 0 Å². The SMILES string of the molecule is CCC1CCCC2(C1)CC2C. The molecule has 2 aliphatic rings. The molecule has 3 atom stereocenters. The molecule has 0 heteroatoms. The van der Waals surface area contributed by atoms with E-state index in [0.29, 0.717) is 0 Å². The topological polar surface area (TPSA) is 0 Å². The van der Waals surface area contributed by atoms with Gasteiger partial charge in [0.1, 0.15) is 0 Å². The summed E-state index contributed by atoms with van der Waals surface area (Å²) in [7, 11) is 0. The molecule has 0 amide bonds. The average molecular weight is 152 g/mol. The highest BCUT2D eigenvalue weighted by Crippen LogP contribution is 2.62. The van der Waals surface area contributed by atoms with Crippen LogP contribution in [0, 0.1) is 17.3 Å². The minimum absolute atomic E-state index is 0.860. The van der Waals surface area contributed by atoms with Gasteiger partial charge < -0.3 is 0 Å². The highest BCUT2D eigenvalue weighted by atomic mass is 14.6. The molecule has 0 N–H and O–H groups in total. The van der Waals surface area contributed by atoms with Crippen LogP contribution in [-0.2, 0) is 0 Å². The summed E-state index contributed by atoms with van der Waals surface area (Å²) in [6.07, 6.45) is 9.11. The van der Waals surface area contributed by atoms with E-state index in [4.69, 9.17) is 0 Å². The van der Waals surface area contributed by atoms with Crippen molar-refractivity contribution in [2.45, 2.75) is 52.4 Å². The highest BCUT2D eigenvalue weighted by Gasteiger charge is 2.52. The monoisotopic (exact) mass is 152 g/mol. The zero-order chi connectivity index (χ0) is 7.90. The predicted octanol–water partition coefficient (Wildman–Crippen LogP) is 3.61. The van der Waals surface area contributed by atoms with Crippen molar-refractivity contribution in [2.75, 3.05) is 0 Å². The second-order valence-corrected chi connectivity index (χ2v) is 4.84. The van der Waals surface area contributed by atoms with Crippen molar-refractivity contribution in [2.24, 2.45) is 17.3 Å². The van der Waals surface area contributed by atoms with Gasteiger partial charge in [0.2, 0.25) is 0 Å². The van der Waals surface area contributed by atoms with Crippen LogP contribution in [-0.4, -0.2) is 0 Å². The second-order valence-electron chi connectivity index (χ2n) is 4.84. The molecule has 0 aromatic rings. The normalized spacial score (nSPS) is 49.6. The molecule has 1 spiro atoms. The molecule has 2 aliphatic carbocycles. The Balaban J connectivity index is 1.94. The first-order valence-corrected chi connectivity index (χ1v) is 5.27. The van der Waals surface area contributed by atoms with Crippen LogP contribution in [0.2, 0.25) is 0 Å². The van der Waals surface area contributed by atoms with Crippen LogP contribution in [0.15, 0.2) is 0 Å². The molecule has 64 valence electrons. The lowest BCUT2D eigenvalue weighted by Crippen LogP contribution is -2.17. The van der Waals surface area contributed by atoms with Gasteiger partial charge in [0.25, 0.3) is 0 Å². The molecular formula is C11H20. The predicted molar refractivity (Wildman–Crippen MR) is 48.5 cm³/mol. The molecule has 11 heavy (non-hydrogen) atoms. The molecule has 2 saturated carbocycles. The van der Waals surface area contributed by atoms with Gasteiger partial charge in [0.05, 0.1) is 0 Å². The quantitative estimate of drug-likeness (QED) is 0.538. The fourth-order valence-electron chi connectivity index (χ4n) is 3.05. The van der Waals surface area contributed by atoms with Crippen LogP contribution in [0.5, 0.6) is 0 Å². The first kappa shape index (κ1) is 7.64. The second kappa shape index (κ2) is 2.50. The zero-order valence-corrected chi connectivity index (χ0v) is 7.90. The maximum atomic E-state index is 2.44. The Bertz CT molecular complexity index is 150. The minimum atomic E-state index is 0.860. The summed E-state index contributed by atoms with van der Waals surface area (Å²) in [5.74, 6) is 2.14. The average Bonchev–Trinajstić information content (AvgIpc) is 2.61. The first-order chi connectivity index (χ1) is 5.27. The lowest BCUT2D eigenvalue weighted by molar-refractivity contribution is 0.227. The lowest BCUT2D eigenvalue weighted by Gasteiger charge is -2.29. The zero-order valence-electron chi connectivity index (χ0n) is 7.90. The number of hydrogen-bond donors (Lipinski definition) is 0. The molecule has 2 rings (SSSR count). The Hall–Kier alpha value is 0. The summed E-state index contributed by atoms with van der Waals surface area (Å²) in [5, 5.41) is 0. The van der Waals surface area contributed by atoms with Gasteiger partial charge in [0, 0.05) is 0 Å². The standard InChI is InChI=1S/C11H20/c1-3-10-5-4-6-11(8-10)7-9(11)2/h9-10H,3-8H2,1-2H3. The fraction of sp³-hybridized carbons (Fsp3) is 1.00. The van der Waals surface area contributed by atoms with Crippen molar-refractivity contribution in [1.82, 2.24) is 0 Å². The molecule has 0 aromatic heterocycles. The van der Waals surface area contributed by atoms with E-state index in [1.165, 1.54) is 19.3 Å². The van der Waals surface area contributed by atoms with E-state index in [2.05, 4.69) is 13.8 Å². The maximum absolute atomic E-state index is 2.44. The van der Waals surface area contributed by atoms with Gasteiger partial charge in [-0.2, -0.15) is 0 Å². The van der Waals surface area contributed by atoms with Gasteiger partial charge >= 0.3 is 0 Å². The first-order valence-electron chi connectivity index (χ1n) is 5.27. The Morgan fingerprint density at radius 3 is 2.64 bits per heavy atom. The van der Waals surface area contributed by atoms with Crippen LogP contribution in [0.4, 0.5) is 0 Å². The Morgan fingerprint density at radius 2 is 2.09 bits per heavy atom. The summed E-state index contributed by atoms with van der Waals surface area (Å²) in [4.78, 5) is 0. The van der Waals surface area contributed by atoms with Gasteiger partial charge in [-0.1, -0.05) is 33.1 Å². The largest absolute Gasteiger partial charge is 0.0651 e. The van der Waals surface area contributed by atoms with Gasteiger partial charge in [-0.05, 0) is 36.5 Å². The van der Waals surface area contributed by atoms with E-state index < -0.39 is 0 Å². The Labute approximate surface area is 70.4 Å². The summed E-state index contributed by atoms with van der Waals surface area (Å²) in [6.45, 7) is 4.80. The van der Waals surface area contributed by atoms with Crippen molar-refractivity contribution in [1.29, 1.82) is 0 Å². The van der Waals surface area contributed by atoms with E-state index >= 15 is 0 Å². The molecule has 0 bridgehead atoms. The molecule has 0 aliphatic heterocycles. The molecule has 0 heterocycles. The van der Waals surface area contributed by atoms with E-state index in [9.17, 15) is 0 Å². The van der Waals surface area contributed by atoms with Crippen molar-refractivity contribution in [3.8, 4) is 0 Å². The smallest absolute Gasteiger partial charge is 0.0266 e. The highest BCUT2D eigenvalue weighted by molar-refractivity contribution is 5.02. The Morgan fingerprint density at radius 1 is 1.36 bits per heavy atom. The molecule has 3 unspecified atom stereocenters. The maximum Gasteiger partial charge on any atom is -0.0266 e. The summed E-state index contributed by atoms with van der Waals surface area (Å²) in [5.41, 5.74) is 0.860. The molecule has 2 fully saturated rings. The van der Waals surface area contributed by atoms with E-state index in [1.54, 1.807) is 19.3 Å². The third-order valence-corrected chi connectivity index (χ3v) is 4.16. The van der Waals surface area contributed by atoms with Gasteiger partial charge in [0.15, 0.2) is 0 Å². The third kappa shape index (κ3) is 1.21. The van der Waals surface area contributed by atoms with Crippen LogP contribution in [0.25, 0.3) is 0 Å².